The molecule has 0 spiro atoms. The molecule has 126 valence electrons. The van der Waals surface area contributed by atoms with E-state index < -0.39 is 0 Å². The molecule has 1 aromatic carbocycles. The normalized spacial score (nSPS) is 13.5. The minimum absolute atomic E-state index is 0.0395. The van der Waals surface area contributed by atoms with Gasteiger partial charge >= 0.3 is 0 Å². The van der Waals surface area contributed by atoms with E-state index in [4.69, 9.17) is 5.11 Å². The zero-order chi connectivity index (χ0) is 16.9. The van der Waals surface area contributed by atoms with Gasteiger partial charge in [-0.15, -0.1) is 0 Å². The summed E-state index contributed by atoms with van der Waals surface area (Å²) in [6.45, 7) is 4.46. The number of carbonyl (C=O) groups is 1. The Bertz CT molecular complexity index is 717. The van der Waals surface area contributed by atoms with Gasteiger partial charge in [-0.25, -0.2) is 4.98 Å². The summed E-state index contributed by atoms with van der Waals surface area (Å²) in [6, 6.07) is 14.0. The number of aliphatic hydroxyl groups excluding tert-OH is 1. The van der Waals surface area contributed by atoms with E-state index in [1.807, 2.05) is 19.1 Å². The van der Waals surface area contributed by atoms with Crippen LogP contribution < -0.4 is 4.90 Å². The average molecular weight is 325 g/mol. The van der Waals surface area contributed by atoms with Gasteiger partial charge in [-0.1, -0.05) is 30.3 Å². The van der Waals surface area contributed by atoms with Crippen LogP contribution in [0.5, 0.6) is 0 Å². The van der Waals surface area contributed by atoms with Crippen LogP contribution in [0.3, 0.4) is 0 Å². The van der Waals surface area contributed by atoms with E-state index in [1.54, 1.807) is 11.0 Å². The summed E-state index contributed by atoms with van der Waals surface area (Å²) in [5.74, 6) is 0.696. The molecular formula is C19H23N3O2. The van der Waals surface area contributed by atoms with Crippen molar-refractivity contribution in [3.8, 4) is 0 Å². The number of nitrogens with zero attached hydrogens (tertiary/aromatic N) is 3. The maximum Gasteiger partial charge on any atom is 0.272 e. The number of carbonyl (C=O) groups excluding carboxylic acids is 1. The monoisotopic (exact) mass is 325 g/mol. The van der Waals surface area contributed by atoms with Gasteiger partial charge in [0.1, 0.15) is 11.5 Å². The van der Waals surface area contributed by atoms with Crippen LogP contribution in [0.25, 0.3) is 0 Å². The highest BCUT2D eigenvalue weighted by atomic mass is 16.3. The van der Waals surface area contributed by atoms with E-state index >= 15 is 0 Å². The van der Waals surface area contributed by atoms with Crippen molar-refractivity contribution >= 4 is 11.7 Å². The first kappa shape index (κ1) is 16.5. The summed E-state index contributed by atoms with van der Waals surface area (Å²) in [6.07, 6.45) is 0.988. The van der Waals surface area contributed by atoms with Gasteiger partial charge in [-0.2, -0.15) is 0 Å². The number of amides is 1. The van der Waals surface area contributed by atoms with E-state index in [0.717, 1.165) is 25.3 Å². The Morgan fingerprint density at radius 3 is 2.75 bits per heavy atom. The van der Waals surface area contributed by atoms with Gasteiger partial charge in [-0.05, 0) is 36.6 Å². The van der Waals surface area contributed by atoms with Crippen LogP contribution in [0.2, 0.25) is 0 Å². The highest BCUT2D eigenvalue weighted by Gasteiger charge is 2.20. The van der Waals surface area contributed by atoms with Crippen molar-refractivity contribution in [1.82, 2.24) is 9.88 Å². The molecule has 1 aliphatic heterocycles. The number of rotatable bonds is 5. The fraction of sp³-hybridized carbons (Fsp3) is 0.368. The van der Waals surface area contributed by atoms with Gasteiger partial charge in [0, 0.05) is 26.2 Å². The second-order valence-corrected chi connectivity index (χ2v) is 5.93. The van der Waals surface area contributed by atoms with Crippen LogP contribution >= 0.6 is 0 Å². The van der Waals surface area contributed by atoms with Crippen molar-refractivity contribution in [1.29, 1.82) is 0 Å². The largest absolute Gasteiger partial charge is 0.395 e. The number of hydrogen-bond acceptors (Lipinski definition) is 4. The molecule has 5 heteroatoms. The van der Waals surface area contributed by atoms with E-state index in [-0.39, 0.29) is 12.5 Å². The number of pyridine rings is 1. The van der Waals surface area contributed by atoms with Crippen molar-refractivity contribution in [2.75, 3.05) is 31.1 Å². The van der Waals surface area contributed by atoms with Crippen LogP contribution in [-0.2, 0) is 13.0 Å². The molecule has 0 bridgehead atoms. The van der Waals surface area contributed by atoms with Crippen LogP contribution in [-0.4, -0.2) is 47.1 Å². The van der Waals surface area contributed by atoms with Gasteiger partial charge in [0.15, 0.2) is 0 Å². The molecule has 0 fully saturated rings. The standard InChI is InChI=1S/C19H23N3O2/c1-2-21(12-13-23)19(24)17-8-5-9-18(20-17)22-11-10-15-6-3-4-7-16(15)14-22/h3-9,23H,2,10-14H2,1H3. The van der Waals surface area contributed by atoms with Gasteiger partial charge in [0.05, 0.1) is 6.61 Å². The van der Waals surface area contributed by atoms with Gasteiger partial charge < -0.3 is 14.9 Å². The molecule has 1 aromatic heterocycles. The Morgan fingerprint density at radius 1 is 1.21 bits per heavy atom. The predicted octanol–water partition coefficient (Wildman–Crippen LogP) is 2.10. The lowest BCUT2D eigenvalue weighted by Crippen LogP contribution is -2.35. The van der Waals surface area contributed by atoms with Gasteiger partial charge in [0.25, 0.3) is 5.91 Å². The van der Waals surface area contributed by atoms with Crippen LogP contribution in [0.4, 0.5) is 5.82 Å². The molecule has 0 unspecified atom stereocenters. The number of benzene rings is 1. The summed E-state index contributed by atoms with van der Waals surface area (Å²) >= 11 is 0. The molecule has 0 saturated heterocycles. The quantitative estimate of drug-likeness (QED) is 0.915. The molecular weight excluding hydrogens is 302 g/mol. The number of anilines is 1. The molecule has 1 N–H and O–H groups in total. The summed E-state index contributed by atoms with van der Waals surface area (Å²) in [4.78, 5) is 20.9. The molecule has 0 saturated carbocycles. The van der Waals surface area contributed by atoms with Crippen molar-refractivity contribution in [3.05, 3.63) is 59.3 Å². The number of fused-ring (bicyclic) bond motifs is 1. The molecule has 0 radical (unpaired) electrons. The lowest BCUT2D eigenvalue weighted by atomic mass is 10.00. The van der Waals surface area contributed by atoms with E-state index in [1.165, 1.54) is 11.1 Å². The Labute approximate surface area is 142 Å². The number of aliphatic hydroxyl groups is 1. The Morgan fingerprint density at radius 2 is 2.00 bits per heavy atom. The third kappa shape index (κ3) is 3.41. The molecule has 0 atom stereocenters. The van der Waals surface area contributed by atoms with Gasteiger partial charge in [-0.3, -0.25) is 4.79 Å². The van der Waals surface area contributed by atoms with E-state index in [9.17, 15) is 4.79 Å². The number of aromatic nitrogens is 1. The molecule has 2 aromatic rings. The SMILES string of the molecule is CCN(CCO)C(=O)c1cccc(N2CCc3ccccc3C2)n1. The zero-order valence-corrected chi connectivity index (χ0v) is 14.0. The second-order valence-electron chi connectivity index (χ2n) is 5.93. The zero-order valence-electron chi connectivity index (χ0n) is 14.0. The molecule has 1 amide bonds. The first-order chi connectivity index (χ1) is 11.7. The molecule has 2 heterocycles. The molecule has 3 rings (SSSR count). The van der Waals surface area contributed by atoms with Crippen LogP contribution in [0, 0.1) is 0 Å². The fourth-order valence-electron chi connectivity index (χ4n) is 3.10. The smallest absolute Gasteiger partial charge is 0.272 e. The molecule has 0 aliphatic carbocycles. The van der Waals surface area contributed by atoms with Crippen molar-refractivity contribution in [2.45, 2.75) is 19.9 Å². The predicted molar refractivity (Wildman–Crippen MR) is 94.1 cm³/mol. The van der Waals surface area contributed by atoms with E-state index in [2.05, 4.69) is 34.1 Å². The second kappa shape index (κ2) is 7.45. The molecule has 1 aliphatic rings. The number of likely N-dealkylation sites (N-methyl/N-ethyl adjacent to an activating group) is 1. The summed E-state index contributed by atoms with van der Waals surface area (Å²) in [5.41, 5.74) is 3.14. The maximum atomic E-state index is 12.5. The van der Waals surface area contributed by atoms with Gasteiger partial charge in [0.2, 0.25) is 0 Å². The highest BCUT2D eigenvalue weighted by Crippen LogP contribution is 2.23. The minimum Gasteiger partial charge on any atom is -0.395 e. The van der Waals surface area contributed by atoms with Crippen LogP contribution in [0.1, 0.15) is 28.5 Å². The summed E-state index contributed by atoms with van der Waals surface area (Å²) in [5, 5.41) is 9.09. The third-order valence-corrected chi connectivity index (χ3v) is 4.45. The lowest BCUT2D eigenvalue weighted by Gasteiger charge is -2.30. The fourth-order valence-corrected chi connectivity index (χ4v) is 3.10. The highest BCUT2D eigenvalue weighted by molar-refractivity contribution is 5.92. The third-order valence-electron chi connectivity index (χ3n) is 4.45. The average Bonchev–Trinajstić information content (AvgIpc) is 2.65. The Balaban J connectivity index is 1.80. The van der Waals surface area contributed by atoms with Crippen molar-refractivity contribution in [2.24, 2.45) is 0 Å². The number of hydrogen-bond donors (Lipinski definition) is 1. The topological polar surface area (TPSA) is 56.7 Å². The first-order valence-electron chi connectivity index (χ1n) is 8.42. The lowest BCUT2D eigenvalue weighted by molar-refractivity contribution is 0.0726. The Hall–Kier alpha value is -2.40. The molecule has 24 heavy (non-hydrogen) atoms. The summed E-state index contributed by atoms with van der Waals surface area (Å²) < 4.78 is 0. The molecule has 5 nitrogen and oxygen atoms in total. The van der Waals surface area contributed by atoms with Crippen molar-refractivity contribution < 1.29 is 9.90 Å². The van der Waals surface area contributed by atoms with Crippen molar-refractivity contribution in [3.63, 3.8) is 0 Å². The summed E-state index contributed by atoms with van der Waals surface area (Å²) in [7, 11) is 0. The minimum atomic E-state index is -0.134. The van der Waals surface area contributed by atoms with E-state index in [0.29, 0.717) is 18.8 Å². The first-order valence-corrected chi connectivity index (χ1v) is 8.42. The van der Waals surface area contributed by atoms with Crippen LogP contribution in [0.15, 0.2) is 42.5 Å². The maximum absolute atomic E-state index is 12.5. The Kier molecular flexibility index (Phi) is 5.11.